The predicted molar refractivity (Wildman–Crippen MR) is 121 cm³/mol. The number of fused-ring (bicyclic) bond motifs is 1. The zero-order valence-electron chi connectivity index (χ0n) is 17.3. The van der Waals surface area contributed by atoms with Crippen LogP contribution in [0, 0.1) is 0 Å². The molecule has 0 aromatic heterocycles. The molecule has 2 aromatic carbocycles. The van der Waals surface area contributed by atoms with E-state index >= 15 is 0 Å². The van der Waals surface area contributed by atoms with Gasteiger partial charge in [-0.3, -0.25) is 9.59 Å². The molecule has 0 aliphatic carbocycles. The van der Waals surface area contributed by atoms with E-state index in [1.807, 2.05) is 30.3 Å². The number of benzene rings is 2. The molecule has 8 nitrogen and oxygen atoms in total. The third kappa shape index (κ3) is 4.50. The van der Waals surface area contributed by atoms with Crippen LogP contribution in [0.1, 0.15) is 12.5 Å². The van der Waals surface area contributed by atoms with Gasteiger partial charge in [-0.05, 0) is 24.6 Å². The molecule has 4 rings (SSSR count). The Hall–Kier alpha value is -2.88. The van der Waals surface area contributed by atoms with Gasteiger partial charge in [0, 0.05) is 38.3 Å². The highest BCUT2D eigenvalue weighted by Gasteiger charge is 2.33. The molecule has 168 valence electrons. The second-order valence-electron chi connectivity index (χ2n) is 7.50. The first kappa shape index (κ1) is 22.3. The number of hydrogen-bond donors (Lipinski definition) is 1. The van der Waals surface area contributed by atoms with Crippen molar-refractivity contribution >= 4 is 45.2 Å². The fourth-order valence-corrected chi connectivity index (χ4v) is 5.47. The van der Waals surface area contributed by atoms with Gasteiger partial charge in [-0.15, -0.1) is 0 Å². The first-order valence-electron chi connectivity index (χ1n) is 10.1. The first-order valence-corrected chi connectivity index (χ1v) is 11.9. The molecule has 1 N–H and O–H groups in total. The number of sulfonamides is 1. The zero-order chi connectivity index (χ0) is 22.9. The summed E-state index contributed by atoms with van der Waals surface area (Å²) in [6.07, 6.45) is 2.49. The highest BCUT2D eigenvalue weighted by Crippen LogP contribution is 2.38. The molecular formula is C22H22ClN3O5S. The maximum atomic E-state index is 13.2. The second kappa shape index (κ2) is 8.93. The Morgan fingerprint density at radius 1 is 1.16 bits per heavy atom. The first-order chi connectivity index (χ1) is 15.3. The molecule has 0 bridgehead atoms. The lowest BCUT2D eigenvalue weighted by atomic mass is 10.2. The molecule has 1 saturated heterocycles. The number of nitrogens with one attached hydrogen (secondary N) is 1. The third-order valence-electron chi connectivity index (χ3n) is 5.35. The minimum absolute atomic E-state index is 0.00787. The lowest BCUT2D eigenvalue weighted by Crippen LogP contribution is -2.50. The Morgan fingerprint density at radius 2 is 1.84 bits per heavy atom. The number of nitrogens with zero attached hydrogens (tertiary/aromatic N) is 2. The van der Waals surface area contributed by atoms with Crippen molar-refractivity contribution in [2.24, 2.45) is 0 Å². The van der Waals surface area contributed by atoms with E-state index in [2.05, 4.69) is 5.32 Å². The number of hydrogen-bond acceptors (Lipinski definition) is 5. The molecule has 10 heteroatoms. The van der Waals surface area contributed by atoms with Crippen LogP contribution in [0.3, 0.4) is 0 Å². The minimum Gasteiger partial charge on any atom is -0.479 e. The molecule has 1 fully saturated rings. The largest absolute Gasteiger partial charge is 0.479 e. The zero-order valence-corrected chi connectivity index (χ0v) is 18.9. The number of amides is 2. The van der Waals surface area contributed by atoms with Gasteiger partial charge in [0.15, 0.2) is 6.10 Å². The molecule has 1 atom stereocenters. The van der Waals surface area contributed by atoms with Crippen LogP contribution in [0.4, 0.5) is 5.69 Å². The normalized spacial score (nSPS) is 19.4. The average molecular weight is 476 g/mol. The van der Waals surface area contributed by atoms with Crippen molar-refractivity contribution in [3.63, 3.8) is 0 Å². The van der Waals surface area contributed by atoms with Gasteiger partial charge in [0.2, 0.25) is 15.9 Å². The van der Waals surface area contributed by atoms with Crippen LogP contribution in [0.5, 0.6) is 5.75 Å². The van der Waals surface area contributed by atoms with Gasteiger partial charge in [0.1, 0.15) is 10.6 Å². The summed E-state index contributed by atoms with van der Waals surface area (Å²) < 4.78 is 33.2. The van der Waals surface area contributed by atoms with E-state index in [9.17, 15) is 18.0 Å². The Balaban J connectivity index is 1.45. The number of ether oxygens (including phenoxy) is 1. The Labute approximate surface area is 191 Å². The molecule has 2 aromatic rings. The second-order valence-corrected chi connectivity index (χ2v) is 9.82. The number of piperazine rings is 1. The summed E-state index contributed by atoms with van der Waals surface area (Å²) in [5, 5.41) is 2.64. The van der Waals surface area contributed by atoms with Crippen molar-refractivity contribution in [3.05, 3.63) is 59.1 Å². The van der Waals surface area contributed by atoms with Crippen molar-refractivity contribution in [1.82, 2.24) is 9.21 Å². The quantitative estimate of drug-likeness (QED) is 0.686. The van der Waals surface area contributed by atoms with Crippen molar-refractivity contribution in [1.29, 1.82) is 0 Å². The van der Waals surface area contributed by atoms with E-state index in [0.717, 1.165) is 5.56 Å². The standard InChI is InChI=1S/C22H22ClN3O5S/c1-15-22(28)24-18-13-17(23)20(14-19(18)31-15)32(29,30)26-11-9-25(10-12-26)21(27)8-7-16-5-3-2-4-6-16/h2-8,13-15H,9-12H2,1H3,(H,24,28)/b8-7+/t15-/m1/s1. The maximum Gasteiger partial charge on any atom is 0.265 e. The summed E-state index contributed by atoms with van der Waals surface area (Å²) in [5.41, 5.74) is 1.24. The van der Waals surface area contributed by atoms with Gasteiger partial charge >= 0.3 is 0 Å². The Bertz CT molecular complexity index is 1180. The summed E-state index contributed by atoms with van der Waals surface area (Å²) in [5.74, 6) is -0.248. The van der Waals surface area contributed by atoms with Crippen molar-refractivity contribution in [3.8, 4) is 5.75 Å². The van der Waals surface area contributed by atoms with E-state index in [1.54, 1.807) is 17.9 Å². The van der Waals surface area contributed by atoms with Crippen LogP contribution in [0.2, 0.25) is 5.02 Å². The summed E-state index contributed by atoms with van der Waals surface area (Å²) in [7, 11) is -3.91. The van der Waals surface area contributed by atoms with E-state index in [1.165, 1.54) is 22.5 Å². The smallest absolute Gasteiger partial charge is 0.265 e. The summed E-state index contributed by atoms with van der Waals surface area (Å²) >= 11 is 6.24. The average Bonchev–Trinajstić information content (AvgIpc) is 2.79. The van der Waals surface area contributed by atoms with Crippen LogP contribution in [0.25, 0.3) is 6.08 Å². The van der Waals surface area contributed by atoms with Crippen LogP contribution >= 0.6 is 11.6 Å². The Kier molecular flexibility index (Phi) is 6.23. The fraction of sp³-hybridized carbons (Fsp3) is 0.273. The highest BCUT2D eigenvalue weighted by atomic mass is 35.5. The summed E-state index contributed by atoms with van der Waals surface area (Å²) in [6.45, 7) is 2.40. The molecular weight excluding hydrogens is 454 g/mol. The van der Waals surface area contributed by atoms with Gasteiger partial charge in [-0.1, -0.05) is 41.9 Å². The molecule has 2 amide bonds. The van der Waals surface area contributed by atoms with E-state index in [4.69, 9.17) is 16.3 Å². The summed E-state index contributed by atoms with van der Waals surface area (Å²) in [4.78, 5) is 25.8. The fourth-order valence-electron chi connectivity index (χ4n) is 3.53. The molecule has 2 heterocycles. The molecule has 0 saturated carbocycles. The summed E-state index contributed by atoms with van der Waals surface area (Å²) in [6, 6.07) is 12.2. The molecule has 0 unspecified atom stereocenters. The number of anilines is 1. The monoisotopic (exact) mass is 475 g/mol. The van der Waals surface area contributed by atoms with Crippen molar-refractivity contribution in [2.75, 3.05) is 31.5 Å². The van der Waals surface area contributed by atoms with Crippen molar-refractivity contribution < 1.29 is 22.7 Å². The molecule has 0 radical (unpaired) electrons. The van der Waals surface area contributed by atoms with Crippen molar-refractivity contribution in [2.45, 2.75) is 17.9 Å². The van der Waals surface area contributed by atoms with Crippen LogP contribution in [-0.4, -0.2) is 61.7 Å². The van der Waals surface area contributed by atoms with Gasteiger partial charge in [-0.2, -0.15) is 4.31 Å². The van der Waals surface area contributed by atoms with Crippen LogP contribution < -0.4 is 10.1 Å². The number of carbonyl (C=O) groups excluding carboxylic acids is 2. The van der Waals surface area contributed by atoms with E-state index in [0.29, 0.717) is 5.69 Å². The minimum atomic E-state index is -3.91. The Morgan fingerprint density at radius 3 is 2.53 bits per heavy atom. The van der Waals surface area contributed by atoms with Gasteiger partial charge in [-0.25, -0.2) is 8.42 Å². The topological polar surface area (TPSA) is 96.0 Å². The highest BCUT2D eigenvalue weighted by molar-refractivity contribution is 7.89. The van der Waals surface area contributed by atoms with E-state index < -0.39 is 16.1 Å². The van der Waals surface area contributed by atoms with Gasteiger partial charge < -0.3 is 15.0 Å². The third-order valence-corrected chi connectivity index (χ3v) is 7.71. The van der Waals surface area contributed by atoms with Gasteiger partial charge in [0.05, 0.1) is 10.7 Å². The van der Waals surface area contributed by atoms with Crippen LogP contribution in [-0.2, 0) is 19.6 Å². The molecule has 2 aliphatic heterocycles. The lowest BCUT2D eigenvalue weighted by Gasteiger charge is -2.34. The number of carbonyl (C=O) groups is 2. The molecule has 2 aliphatic rings. The lowest BCUT2D eigenvalue weighted by molar-refractivity contribution is -0.127. The maximum absolute atomic E-state index is 13.2. The van der Waals surface area contributed by atoms with Gasteiger partial charge in [0.25, 0.3) is 5.91 Å². The predicted octanol–water partition coefficient (Wildman–Crippen LogP) is 2.61. The number of halogens is 1. The molecule has 32 heavy (non-hydrogen) atoms. The van der Waals surface area contributed by atoms with Crippen LogP contribution in [0.15, 0.2) is 53.4 Å². The van der Waals surface area contributed by atoms with E-state index in [-0.39, 0.29) is 53.7 Å². The number of rotatable bonds is 4. The SMILES string of the molecule is C[C@H]1Oc2cc(S(=O)(=O)N3CCN(C(=O)/C=C/c4ccccc4)CC3)c(Cl)cc2NC1=O. The molecule has 0 spiro atoms.